The van der Waals surface area contributed by atoms with Crippen LogP contribution in [0.5, 0.6) is 5.75 Å². The molecule has 106 valence electrons. The number of aliphatic hydroxyl groups excluding tert-OH is 2. The number of rotatable bonds is 6. The third kappa shape index (κ3) is 3.08. The highest BCUT2D eigenvalue weighted by molar-refractivity contribution is 5.43. The molecule has 0 amide bonds. The fourth-order valence-electron chi connectivity index (χ4n) is 2.56. The summed E-state index contributed by atoms with van der Waals surface area (Å²) in [5.41, 5.74) is 2.11. The van der Waals surface area contributed by atoms with Gasteiger partial charge in [0.15, 0.2) is 0 Å². The first kappa shape index (κ1) is 14.3. The molecule has 2 N–H and O–H groups in total. The Kier molecular flexibility index (Phi) is 4.80. The van der Waals surface area contributed by atoms with Crippen LogP contribution in [-0.4, -0.2) is 29.5 Å². The van der Waals surface area contributed by atoms with Crippen LogP contribution in [0.25, 0.3) is 0 Å². The summed E-state index contributed by atoms with van der Waals surface area (Å²) < 4.78 is 11.0. The van der Waals surface area contributed by atoms with Gasteiger partial charge >= 0.3 is 0 Å². The van der Waals surface area contributed by atoms with Crippen LogP contribution in [0.15, 0.2) is 18.2 Å². The maximum absolute atomic E-state index is 10.0. The van der Waals surface area contributed by atoms with Crippen molar-refractivity contribution >= 4 is 0 Å². The molecule has 3 unspecified atom stereocenters. The highest BCUT2D eigenvalue weighted by Crippen LogP contribution is 2.38. The van der Waals surface area contributed by atoms with Gasteiger partial charge in [-0.05, 0) is 18.1 Å². The lowest BCUT2D eigenvalue weighted by Crippen LogP contribution is -2.27. The standard InChI is InChI=1S/C15H22O4/c1-3-5-12(16)13(17)8-15-10-6-4-7-14(18-2)11(10)9-19-15/h4,6-7,12-13,15-17H,3,5,8-9H2,1-2H3. The smallest absolute Gasteiger partial charge is 0.124 e. The molecular weight excluding hydrogens is 244 g/mol. The second-order valence-corrected chi connectivity index (χ2v) is 4.99. The zero-order valence-electron chi connectivity index (χ0n) is 11.5. The summed E-state index contributed by atoms with van der Waals surface area (Å²) in [4.78, 5) is 0. The van der Waals surface area contributed by atoms with Gasteiger partial charge in [0.2, 0.25) is 0 Å². The van der Waals surface area contributed by atoms with Crippen LogP contribution in [-0.2, 0) is 11.3 Å². The summed E-state index contributed by atoms with van der Waals surface area (Å²) in [6.45, 7) is 2.49. The third-order valence-corrected chi connectivity index (χ3v) is 3.65. The molecule has 1 aliphatic rings. The van der Waals surface area contributed by atoms with E-state index in [1.165, 1.54) is 0 Å². The SMILES string of the molecule is CCCC(O)C(O)CC1OCc2c(OC)cccc21. The van der Waals surface area contributed by atoms with Gasteiger partial charge in [-0.2, -0.15) is 0 Å². The van der Waals surface area contributed by atoms with Gasteiger partial charge in [-0.3, -0.25) is 0 Å². The summed E-state index contributed by atoms with van der Waals surface area (Å²) in [5.74, 6) is 0.823. The summed E-state index contributed by atoms with van der Waals surface area (Å²) in [5, 5.41) is 19.8. The Hall–Kier alpha value is -1.10. The molecule has 0 aliphatic carbocycles. The lowest BCUT2D eigenvalue weighted by Gasteiger charge is -2.20. The number of benzene rings is 1. The van der Waals surface area contributed by atoms with E-state index in [0.717, 1.165) is 23.3 Å². The van der Waals surface area contributed by atoms with Crippen molar-refractivity contribution in [1.29, 1.82) is 0 Å². The van der Waals surface area contributed by atoms with Crippen LogP contribution in [0.2, 0.25) is 0 Å². The topological polar surface area (TPSA) is 58.9 Å². The van der Waals surface area contributed by atoms with E-state index in [1.807, 2.05) is 25.1 Å². The molecule has 1 aromatic rings. The third-order valence-electron chi connectivity index (χ3n) is 3.65. The Bertz CT molecular complexity index is 419. The van der Waals surface area contributed by atoms with Crippen LogP contribution in [0.3, 0.4) is 0 Å². The lowest BCUT2D eigenvalue weighted by atomic mass is 9.97. The largest absolute Gasteiger partial charge is 0.496 e. The fourth-order valence-corrected chi connectivity index (χ4v) is 2.56. The minimum atomic E-state index is -0.748. The molecule has 0 fully saturated rings. The zero-order valence-corrected chi connectivity index (χ0v) is 11.5. The van der Waals surface area contributed by atoms with Crippen LogP contribution in [0.4, 0.5) is 0 Å². The van der Waals surface area contributed by atoms with Gasteiger partial charge in [0.25, 0.3) is 0 Å². The number of ether oxygens (including phenoxy) is 2. The van der Waals surface area contributed by atoms with E-state index in [4.69, 9.17) is 9.47 Å². The van der Waals surface area contributed by atoms with E-state index in [9.17, 15) is 10.2 Å². The molecule has 4 nitrogen and oxygen atoms in total. The molecule has 19 heavy (non-hydrogen) atoms. The molecule has 1 aliphatic heterocycles. The molecule has 0 radical (unpaired) electrons. The van der Waals surface area contributed by atoms with Crippen molar-refractivity contribution in [2.45, 2.75) is 51.1 Å². The van der Waals surface area contributed by atoms with Gasteiger partial charge in [-0.1, -0.05) is 25.5 Å². The maximum atomic E-state index is 10.0. The Morgan fingerprint density at radius 1 is 1.37 bits per heavy atom. The molecule has 2 rings (SSSR count). The zero-order chi connectivity index (χ0) is 13.8. The van der Waals surface area contributed by atoms with Crippen molar-refractivity contribution in [3.8, 4) is 5.75 Å². The average Bonchev–Trinajstić information content (AvgIpc) is 2.82. The normalized spacial score (nSPS) is 20.9. The molecule has 0 saturated carbocycles. The Morgan fingerprint density at radius 2 is 2.16 bits per heavy atom. The molecule has 0 bridgehead atoms. The second kappa shape index (κ2) is 6.37. The van der Waals surface area contributed by atoms with Crippen molar-refractivity contribution in [2.24, 2.45) is 0 Å². The monoisotopic (exact) mass is 266 g/mol. The predicted molar refractivity (Wildman–Crippen MR) is 72.1 cm³/mol. The van der Waals surface area contributed by atoms with E-state index in [0.29, 0.717) is 19.4 Å². The first-order valence-electron chi connectivity index (χ1n) is 6.80. The Balaban J connectivity index is 2.06. The van der Waals surface area contributed by atoms with Crippen molar-refractivity contribution in [2.75, 3.05) is 7.11 Å². The molecule has 0 saturated heterocycles. The van der Waals surface area contributed by atoms with Gasteiger partial charge in [0.1, 0.15) is 5.75 Å². The van der Waals surface area contributed by atoms with Crippen LogP contribution in [0.1, 0.15) is 43.4 Å². The number of hydrogen-bond donors (Lipinski definition) is 2. The second-order valence-electron chi connectivity index (χ2n) is 4.99. The van der Waals surface area contributed by atoms with Crippen molar-refractivity contribution in [3.05, 3.63) is 29.3 Å². The summed E-state index contributed by atoms with van der Waals surface area (Å²) in [6, 6.07) is 5.83. The summed E-state index contributed by atoms with van der Waals surface area (Å²) in [6.07, 6.45) is 0.297. The van der Waals surface area contributed by atoms with Gasteiger partial charge in [-0.25, -0.2) is 0 Å². The van der Waals surface area contributed by atoms with Crippen LogP contribution < -0.4 is 4.74 Å². The highest BCUT2D eigenvalue weighted by Gasteiger charge is 2.29. The van der Waals surface area contributed by atoms with Crippen LogP contribution >= 0.6 is 0 Å². The maximum Gasteiger partial charge on any atom is 0.124 e. The highest BCUT2D eigenvalue weighted by atomic mass is 16.5. The fraction of sp³-hybridized carbons (Fsp3) is 0.600. The lowest BCUT2D eigenvalue weighted by molar-refractivity contribution is -0.0334. The molecular formula is C15H22O4. The molecule has 3 atom stereocenters. The molecule has 4 heteroatoms. The van der Waals surface area contributed by atoms with E-state index >= 15 is 0 Å². The van der Waals surface area contributed by atoms with E-state index in [1.54, 1.807) is 7.11 Å². The van der Waals surface area contributed by atoms with Gasteiger partial charge in [-0.15, -0.1) is 0 Å². The minimum absolute atomic E-state index is 0.161. The van der Waals surface area contributed by atoms with E-state index in [2.05, 4.69) is 0 Å². The van der Waals surface area contributed by atoms with Gasteiger partial charge < -0.3 is 19.7 Å². The number of aliphatic hydroxyl groups is 2. The van der Waals surface area contributed by atoms with Crippen molar-refractivity contribution in [3.63, 3.8) is 0 Å². The van der Waals surface area contributed by atoms with Crippen LogP contribution in [0, 0.1) is 0 Å². The van der Waals surface area contributed by atoms with Gasteiger partial charge in [0.05, 0.1) is 32.0 Å². The van der Waals surface area contributed by atoms with E-state index < -0.39 is 12.2 Å². The average molecular weight is 266 g/mol. The van der Waals surface area contributed by atoms with Gasteiger partial charge in [0, 0.05) is 12.0 Å². The molecule has 1 aromatic carbocycles. The number of hydrogen-bond acceptors (Lipinski definition) is 4. The molecule has 0 aromatic heterocycles. The first-order valence-corrected chi connectivity index (χ1v) is 6.80. The quantitative estimate of drug-likeness (QED) is 0.828. The number of fused-ring (bicyclic) bond motifs is 1. The first-order chi connectivity index (χ1) is 9.17. The minimum Gasteiger partial charge on any atom is -0.496 e. The molecule has 1 heterocycles. The van der Waals surface area contributed by atoms with Crippen molar-refractivity contribution < 1.29 is 19.7 Å². The van der Waals surface area contributed by atoms with E-state index in [-0.39, 0.29) is 6.10 Å². The Morgan fingerprint density at radius 3 is 2.84 bits per heavy atom. The van der Waals surface area contributed by atoms with Crippen molar-refractivity contribution in [1.82, 2.24) is 0 Å². The summed E-state index contributed by atoms with van der Waals surface area (Å²) in [7, 11) is 1.64. The predicted octanol–water partition coefficient (Wildman–Crippen LogP) is 2.18. The molecule has 0 spiro atoms. The summed E-state index contributed by atoms with van der Waals surface area (Å²) >= 11 is 0. The Labute approximate surface area is 114 Å². The number of methoxy groups -OCH3 is 1.